The zero-order valence-electron chi connectivity index (χ0n) is 20.2. The highest BCUT2D eigenvalue weighted by Gasteiger charge is 2.33. The quantitative estimate of drug-likeness (QED) is 0.197. The van der Waals surface area contributed by atoms with E-state index in [1.807, 2.05) is 13.8 Å². The first-order valence-electron chi connectivity index (χ1n) is 11.7. The lowest BCUT2D eigenvalue weighted by molar-refractivity contribution is -0.128. The molecule has 31 heavy (non-hydrogen) atoms. The lowest BCUT2D eigenvalue weighted by Crippen LogP contribution is -2.53. The van der Waals surface area contributed by atoms with Crippen LogP contribution in [-0.2, 0) is 9.59 Å². The summed E-state index contributed by atoms with van der Waals surface area (Å²) in [5.74, 6) is -0.644. The van der Waals surface area contributed by atoms with Gasteiger partial charge in [-0.25, -0.2) is 0 Å². The Morgan fingerprint density at radius 3 is 1.94 bits per heavy atom. The summed E-state index contributed by atoms with van der Waals surface area (Å²) >= 11 is 0. The molecule has 0 rings (SSSR count). The van der Waals surface area contributed by atoms with Gasteiger partial charge >= 0.3 is 0 Å². The summed E-state index contributed by atoms with van der Waals surface area (Å²) in [6.07, 6.45) is -0.224. The van der Waals surface area contributed by atoms with Gasteiger partial charge < -0.3 is 31.1 Å². The summed E-state index contributed by atoms with van der Waals surface area (Å²) in [7, 11) is 0. The molecular weight excluding hydrogens is 400 g/mol. The Kier molecular flexibility index (Phi) is 14.4. The summed E-state index contributed by atoms with van der Waals surface area (Å²) in [6.45, 7) is 11.3. The molecule has 1 amide bonds. The van der Waals surface area contributed by atoms with Crippen molar-refractivity contribution in [1.82, 2.24) is 10.6 Å². The fourth-order valence-electron chi connectivity index (χ4n) is 3.59. The highest BCUT2D eigenvalue weighted by atomic mass is 16.4. The fraction of sp³-hybridized carbons (Fsp3) is 0.913. The number of nitrogens with one attached hydrogen (secondary N) is 2. The van der Waals surface area contributed by atoms with E-state index in [0.717, 1.165) is 25.7 Å². The Morgan fingerprint density at radius 1 is 0.935 bits per heavy atom. The number of carbonyl (C=O) groups excluding carboxylic acids is 2. The van der Waals surface area contributed by atoms with Crippen molar-refractivity contribution in [2.75, 3.05) is 13.2 Å². The molecule has 5 atom stereocenters. The van der Waals surface area contributed by atoms with E-state index >= 15 is 0 Å². The van der Waals surface area contributed by atoms with Crippen molar-refractivity contribution >= 4 is 11.7 Å². The molecule has 8 heteroatoms. The summed E-state index contributed by atoms with van der Waals surface area (Å²) in [5.41, 5.74) is -0.192. The molecule has 0 aromatic rings. The average molecular weight is 447 g/mol. The molecule has 0 aromatic carbocycles. The molecule has 0 aliphatic carbocycles. The van der Waals surface area contributed by atoms with Gasteiger partial charge in [-0.05, 0) is 39.0 Å². The van der Waals surface area contributed by atoms with E-state index < -0.39 is 36.9 Å². The molecule has 5 unspecified atom stereocenters. The van der Waals surface area contributed by atoms with Crippen molar-refractivity contribution in [1.29, 1.82) is 0 Å². The molecule has 0 saturated heterocycles. The molecule has 0 aromatic heterocycles. The van der Waals surface area contributed by atoms with Crippen molar-refractivity contribution in [3.05, 3.63) is 0 Å². The Labute approximate surface area is 187 Å². The van der Waals surface area contributed by atoms with Crippen molar-refractivity contribution in [3.63, 3.8) is 0 Å². The van der Waals surface area contributed by atoms with Gasteiger partial charge in [0.1, 0.15) is 6.10 Å². The molecule has 0 spiro atoms. The molecule has 6 N–H and O–H groups in total. The molecule has 0 fully saturated rings. The summed E-state index contributed by atoms with van der Waals surface area (Å²) in [5, 5.41) is 44.0. The van der Waals surface area contributed by atoms with E-state index in [4.69, 9.17) is 5.11 Å². The maximum Gasteiger partial charge on any atom is 0.222 e. The first kappa shape index (κ1) is 29.9. The third-order valence-corrected chi connectivity index (χ3v) is 6.51. The molecule has 0 aliphatic heterocycles. The molecular formula is C23H46N2O6. The van der Waals surface area contributed by atoms with Crippen LogP contribution >= 0.6 is 0 Å². The van der Waals surface area contributed by atoms with Gasteiger partial charge in [-0.2, -0.15) is 0 Å². The second-order valence-corrected chi connectivity index (χ2v) is 8.97. The second-order valence-electron chi connectivity index (χ2n) is 8.97. The lowest BCUT2D eigenvalue weighted by atomic mass is 9.85. The van der Waals surface area contributed by atoms with Gasteiger partial charge in [0, 0.05) is 30.3 Å². The van der Waals surface area contributed by atoms with Crippen molar-refractivity contribution in [3.8, 4) is 0 Å². The minimum atomic E-state index is -1.33. The summed E-state index contributed by atoms with van der Waals surface area (Å²) in [4.78, 5) is 25.7. The van der Waals surface area contributed by atoms with Gasteiger partial charge in [0.25, 0.3) is 0 Å². The average Bonchev–Trinajstić information content (AvgIpc) is 2.76. The van der Waals surface area contributed by atoms with Crippen LogP contribution in [0.3, 0.4) is 0 Å². The Balaban J connectivity index is 5.05. The number of amides is 1. The highest BCUT2D eigenvalue weighted by molar-refractivity contribution is 5.87. The van der Waals surface area contributed by atoms with Crippen LogP contribution in [0.4, 0.5) is 0 Å². The molecule has 184 valence electrons. The number of hydrogen-bond acceptors (Lipinski definition) is 7. The monoisotopic (exact) mass is 446 g/mol. The molecule has 0 aliphatic rings. The van der Waals surface area contributed by atoms with Crippen LogP contribution in [0.15, 0.2) is 0 Å². The molecule has 0 saturated carbocycles. The number of carbonyl (C=O) groups is 2. The third kappa shape index (κ3) is 10.4. The van der Waals surface area contributed by atoms with Crippen LogP contribution in [-0.4, -0.2) is 75.2 Å². The van der Waals surface area contributed by atoms with E-state index in [1.165, 1.54) is 0 Å². The van der Waals surface area contributed by atoms with E-state index in [9.17, 15) is 24.9 Å². The second kappa shape index (κ2) is 14.9. The maximum absolute atomic E-state index is 13.1. The molecule has 0 radical (unpaired) electrons. The minimum absolute atomic E-state index is 0.0491. The Bertz CT molecular complexity index is 522. The van der Waals surface area contributed by atoms with Crippen molar-refractivity contribution in [2.24, 2.45) is 11.8 Å². The third-order valence-electron chi connectivity index (χ3n) is 6.51. The molecule has 0 heterocycles. The van der Waals surface area contributed by atoms with E-state index in [1.54, 1.807) is 6.92 Å². The zero-order chi connectivity index (χ0) is 24.2. The smallest absolute Gasteiger partial charge is 0.222 e. The fourth-order valence-corrected chi connectivity index (χ4v) is 3.59. The minimum Gasteiger partial charge on any atom is -0.394 e. The topological polar surface area (TPSA) is 139 Å². The van der Waals surface area contributed by atoms with Crippen LogP contribution in [0.5, 0.6) is 0 Å². The first-order valence-corrected chi connectivity index (χ1v) is 11.7. The highest BCUT2D eigenvalue weighted by Crippen LogP contribution is 2.22. The van der Waals surface area contributed by atoms with Crippen molar-refractivity contribution < 1.29 is 30.0 Å². The van der Waals surface area contributed by atoms with Crippen LogP contribution in [0.25, 0.3) is 0 Å². The van der Waals surface area contributed by atoms with E-state index in [2.05, 4.69) is 31.4 Å². The van der Waals surface area contributed by atoms with Crippen molar-refractivity contribution in [2.45, 2.75) is 110 Å². The Morgan fingerprint density at radius 2 is 1.48 bits per heavy atom. The zero-order valence-corrected chi connectivity index (χ0v) is 20.2. The van der Waals surface area contributed by atoms with E-state index in [-0.39, 0.29) is 36.1 Å². The number of aliphatic hydroxyl groups is 4. The number of aliphatic hydroxyl groups excluding tert-OH is 4. The van der Waals surface area contributed by atoms with Gasteiger partial charge in [-0.3, -0.25) is 9.59 Å². The van der Waals surface area contributed by atoms with Crippen LogP contribution in [0.1, 0.15) is 80.1 Å². The van der Waals surface area contributed by atoms with Gasteiger partial charge in [-0.15, -0.1) is 0 Å². The number of rotatable bonds is 17. The standard InChI is InChI=1S/C23H46N2O6/c1-7-16(8-2)21(30)18(25-23(6,9-3)10-4)11-15(5)22(31)24-13-17(27)12-19(28)20(29)14-26/h15-20,25-29H,7-14H2,1-6H3,(H,24,31). The van der Waals surface area contributed by atoms with Crippen LogP contribution in [0.2, 0.25) is 0 Å². The lowest BCUT2D eigenvalue weighted by Gasteiger charge is -2.35. The van der Waals surface area contributed by atoms with Gasteiger partial charge in [0.05, 0.1) is 24.9 Å². The Hall–Kier alpha value is -1.06. The summed E-state index contributed by atoms with van der Waals surface area (Å²) < 4.78 is 0. The normalized spacial score (nSPS) is 17.1. The molecule has 8 nitrogen and oxygen atoms in total. The van der Waals surface area contributed by atoms with Gasteiger partial charge in [0.2, 0.25) is 5.91 Å². The van der Waals surface area contributed by atoms with Crippen LogP contribution < -0.4 is 10.6 Å². The SMILES string of the molecule is CCC(CC)C(=O)C(CC(C)C(=O)NCC(O)CC(O)C(O)CO)NC(C)(CC)CC. The van der Waals surface area contributed by atoms with Crippen LogP contribution in [0, 0.1) is 11.8 Å². The van der Waals surface area contributed by atoms with Gasteiger partial charge in [-0.1, -0.05) is 34.6 Å². The predicted molar refractivity (Wildman–Crippen MR) is 122 cm³/mol. The van der Waals surface area contributed by atoms with E-state index in [0.29, 0.717) is 6.42 Å². The first-order chi connectivity index (χ1) is 14.5. The van der Waals surface area contributed by atoms with Gasteiger partial charge in [0.15, 0.2) is 5.78 Å². The number of ketones is 1. The number of hydrogen-bond donors (Lipinski definition) is 6. The predicted octanol–water partition coefficient (Wildman–Crippen LogP) is 1.14. The molecule has 0 bridgehead atoms. The number of Topliss-reactive ketones (excluding diaryl/α,β-unsaturated/α-hetero) is 1. The largest absolute Gasteiger partial charge is 0.394 e. The maximum atomic E-state index is 13.1. The summed E-state index contributed by atoms with van der Waals surface area (Å²) in [6, 6.07) is -0.429.